The minimum absolute atomic E-state index is 0.0364. The number of carbonyl (C=O) groups excluding carboxylic acids is 2. The summed E-state index contributed by atoms with van der Waals surface area (Å²) in [4.78, 5) is 22.2. The van der Waals surface area contributed by atoms with Crippen molar-refractivity contribution in [3.63, 3.8) is 0 Å². The molecule has 0 saturated heterocycles. The molecule has 100 valence electrons. The SMILES string of the molecule is C[C@H](NC(N)=O)C(=O)Nc1ccc(OCC#N)cc1. The Labute approximate surface area is 110 Å². The molecule has 7 nitrogen and oxygen atoms in total. The first-order valence-electron chi connectivity index (χ1n) is 5.49. The molecule has 0 aromatic heterocycles. The maximum Gasteiger partial charge on any atom is 0.312 e. The van der Waals surface area contributed by atoms with Crippen molar-refractivity contribution in [3.05, 3.63) is 24.3 Å². The molecule has 1 rings (SSSR count). The maximum atomic E-state index is 11.6. The first-order valence-corrected chi connectivity index (χ1v) is 5.49. The molecule has 0 spiro atoms. The third kappa shape index (κ3) is 4.95. The second-order valence-electron chi connectivity index (χ2n) is 3.69. The normalized spacial score (nSPS) is 10.9. The Balaban J connectivity index is 2.55. The zero-order valence-corrected chi connectivity index (χ0v) is 10.3. The van der Waals surface area contributed by atoms with Gasteiger partial charge in [0.2, 0.25) is 5.91 Å². The Morgan fingerprint density at radius 1 is 1.42 bits per heavy atom. The van der Waals surface area contributed by atoms with Gasteiger partial charge in [-0.1, -0.05) is 0 Å². The molecule has 1 aromatic carbocycles. The summed E-state index contributed by atoms with van der Waals surface area (Å²) in [5.74, 6) is 0.146. The number of rotatable bonds is 5. The number of amides is 3. The molecule has 0 saturated carbocycles. The van der Waals surface area contributed by atoms with Crippen molar-refractivity contribution in [3.8, 4) is 11.8 Å². The number of urea groups is 1. The van der Waals surface area contributed by atoms with Gasteiger partial charge < -0.3 is 21.1 Å². The Bertz CT molecular complexity index is 493. The Morgan fingerprint density at radius 3 is 2.58 bits per heavy atom. The van der Waals surface area contributed by atoms with Crippen LogP contribution in [0.1, 0.15) is 6.92 Å². The van der Waals surface area contributed by atoms with Gasteiger partial charge >= 0.3 is 6.03 Å². The summed E-state index contributed by atoms with van der Waals surface area (Å²) in [6.45, 7) is 1.48. The predicted molar refractivity (Wildman–Crippen MR) is 68.4 cm³/mol. The van der Waals surface area contributed by atoms with Crippen LogP contribution >= 0.6 is 0 Å². The number of nitrogens with zero attached hydrogens (tertiary/aromatic N) is 1. The van der Waals surface area contributed by atoms with E-state index in [1.165, 1.54) is 6.92 Å². The molecule has 0 bridgehead atoms. The molecular weight excluding hydrogens is 248 g/mol. The van der Waals surface area contributed by atoms with Crippen molar-refractivity contribution in [1.82, 2.24) is 5.32 Å². The van der Waals surface area contributed by atoms with Crippen molar-refractivity contribution >= 4 is 17.6 Å². The summed E-state index contributed by atoms with van der Waals surface area (Å²) in [5.41, 5.74) is 5.47. The first kappa shape index (κ1) is 14.3. The number of hydrogen-bond acceptors (Lipinski definition) is 4. The fourth-order valence-electron chi connectivity index (χ4n) is 1.28. The molecule has 7 heteroatoms. The highest BCUT2D eigenvalue weighted by Crippen LogP contribution is 2.15. The van der Waals surface area contributed by atoms with Crippen LogP contribution in [0, 0.1) is 11.3 Å². The number of nitriles is 1. The molecule has 0 heterocycles. The van der Waals surface area contributed by atoms with Gasteiger partial charge in [0.05, 0.1) is 0 Å². The van der Waals surface area contributed by atoms with E-state index in [2.05, 4.69) is 10.6 Å². The van der Waals surface area contributed by atoms with E-state index in [4.69, 9.17) is 15.7 Å². The monoisotopic (exact) mass is 262 g/mol. The van der Waals surface area contributed by atoms with E-state index in [9.17, 15) is 9.59 Å². The van der Waals surface area contributed by atoms with Crippen molar-refractivity contribution in [2.45, 2.75) is 13.0 Å². The lowest BCUT2D eigenvalue weighted by molar-refractivity contribution is -0.117. The van der Waals surface area contributed by atoms with Crippen LogP contribution in [0.15, 0.2) is 24.3 Å². The predicted octanol–water partition coefficient (Wildman–Crippen LogP) is 0.584. The summed E-state index contributed by atoms with van der Waals surface area (Å²) < 4.78 is 5.07. The van der Waals surface area contributed by atoms with Crippen molar-refractivity contribution in [1.29, 1.82) is 5.26 Å². The van der Waals surface area contributed by atoms with Gasteiger partial charge in [-0.25, -0.2) is 4.79 Å². The lowest BCUT2D eigenvalue weighted by Gasteiger charge is -2.12. The third-order valence-corrected chi connectivity index (χ3v) is 2.18. The number of primary amides is 1. The van der Waals surface area contributed by atoms with Crippen molar-refractivity contribution < 1.29 is 14.3 Å². The second-order valence-corrected chi connectivity index (χ2v) is 3.69. The van der Waals surface area contributed by atoms with Gasteiger partial charge in [-0.15, -0.1) is 0 Å². The van der Waals surface area contributed by atoms with Gasteiger partial charge in [-0.2, -0.15) is 5.26 Å². The van der Waals surface area contributed by atoms with Crippen LogP contribution in [0.4, 0.5) is 10.5 Å². The van der Waals surface area contributed by atoms with E-state index in [1.807, 2.05) is 6.07 Å². The van der Waals surface area contributed by atoms with Crippen molar-refractivity contribution in [2.24, 2.45) is 5.73 Å². The van der Waals surface area contributed by atoms with E-state index in [-0.39, 0.29) is 12.5 Å². The molecular formula is C12H14N4O3. The standard InChI is InChI=1S/C12H14N4O3/c1-8(15-12(14)18)11(17)16-9-2-4-10(5-3-9)19-7-6-13/h2-5,8H,7H2,1H3,(H,16,17)(H3,14,15,18)/t8-/m0/s1. The van der Waals surface area contributed by atoms with E-state index in [0.29, 0.717) is 11.4 Å². The summed E-state index contributed by atoms with van der Waals surface area (Å²) in [6.07, 6.45) is 0. The fourth-order valence-corrected chi connectivity index (χ4v) is 1.28. The number of hydrogen-bond donors (Lipinski definition) is 3. The highest BCUT2D eigenvalue weighted by molar-refractivity contribution is 5.96. The molecule has 0 unspecified atom stereocenters. The lowest BCUT2D eigenvalue weighted by Crippen LogP contribution is -2.44. The zero-order chi connectivity index (χ0) is 14.3. The molecule has 19 heavy (non-hydrogen) atoms. The van der Waals surface area contributed by atoms with Crippen LogP contribution < -0.4 is 21.1 Å². The van der Waals surface area contributed by atoms with Crippen LogP contribution in [0.2, 0.25) is 0 Å². The molecule has 3 amide bonds. The van der Waals surface area contributed by atoms with Gasteiger partial charge in [-0.05, 0) is 31.2 Å². The smallest absolute Gasteiger partial charge is 0.312 e. The average Bonchev–Trinajstić information content (AvgIpc) is 2.37. The molecule has 1 atom stereocenters. The number of anilines is 1. The molecule has 0 aliphatic carbocycles. The summed E-state index contributed by atoms with van der Waals surface area (Å²) in [5, 5.41) is 13.2. The topological polar surface area (TPSA) is 117 Å². The fraction of sp³-hybridized carbons (Fsp3) is 0.250. The molecule has 1 aromatic rings. The van der Waals surface area contributed by atoms with Crippen LogP contribution in [0.25, 0.3) is 0 Å². The highest BCUT2D eigenvalue weighted by atomic mass is 16.5. The summed E-state index contributed by atoms with van der Waals surface area (Å²) in [7, 11) is 0. The van der Waals surface area contributed by atoms with Gasteiger partial charge in [0, 0.05) is 5.69 Å². The minimum atomic E-state index is -0.761. The highest BCUT2D eigenvalue weighted by Gasteiger charge is 2.13. The van der Waals surface area contributed by atoms with E-state index in [0.717, 1.165) is 0 Å². The van der Waals surface area contributed by atoms with Crippen LogP contribution in [0.5, 0.6) is 5.75 Å². The quantitative estimate of drug-likeness (QED) is 0.719. The Morgan fingerprint density at radius 2 is 2.05 bits per heavy atom. The summed E-state index contributed by atoms with van der Waals surface area (Å²) in [6, 6.07) is 6.86. The van der Waals surface area contributed by atoms with Crippen LogP contribution in [-0.2, 0) is 4.79 Å². The molecule has 0 radical (unpaired) electrons. The molecule has 0 fully saturated rings. The number of nitrogens with one attached hydrogen (secondary N) is 2. The number of nitrogens with two attached hydrogens (primary N) is 1. The number of ether oxygens (including phenoxy) is 1. The summed E-state index contributed by atoms with van der Waals surface area (Å²) >= 11 is 0. The molecule has 4 N–H and O–H groups in total. The largest absolute Gasteiger partial charge is 0.479 e. The third-order valence-electron chi connectivity index (χ3n) is 2.18. The molecule has 0 aliphatic heterocycles. The van der Waals surface area contributed by atoms with Gasteiger partial charge in [0.15, 0.2) is 6.61 Å². The maximum absolute atomic E-state index is 11.6. The van der Waals surface area contributed by atoms with E-state index in [1.54, 1.807) is 24.3 Å². The lowest BCUT2D eigenvalue weighted by atomic mass is 10.2. The Kier molecular flexibility index (Phi) is 5.17. The van der Waals surface area contributed by atoms with Crippen LogP contribution in [0.3, 0.4) is 0 Å². The van der Waals surface area contributed by atoms with Gasteiger partial charge in [-0.3, -0.25) is 4.79 Å². The van der Waals surface area contributed by atoms with Gasteiger partial charge in [0.1, 0.15) is 17.9 Å². The number of benzene rings is 1. The minimum Gasteiger partial charge on any atom is -0.479 e. The van der Waals surface area contributed by atoms with Crippen LogP contribution in [-0.4, -0.2) is 24.6 Å². The van der Waals surface area contributed by atoms with Crippen molar-refractivity contribution in [2.75, 3.05) is 11.9 Å². The van der Waals surface area contributed by atoms with E-state index >= 15 is 0 Å². The van der Waals surface area contributed by atoms with Gasteiger partial charge in [0.25, 0.3) is 0 Å². The molecule has 0 aliphatic rings. The zero-order valence-electron chi connectivity index (χ0n) is 10.3. The Hall–Kier alpha value is -2.75. The number of carbonyl (C=O) groups is 2. The average molecular weight is 262 g/mol. The van der Waals surface area contributed by atoms with E-state index < -0.39 is 12.1 Å². The second kappa shape index (κ2) is 6.86. The first-order chi connectivity index (χ1) is 9.02.